The van der Waals surface area contributed by atoms with Crippen LogP contribution in [0.5, 0.6) is 0 Å². The minimum atomic E-state index is -0.0586. The summed E-state index contributed by atoms with van der Waals surface area (Å²) < 4.78 is 0. The molecule has 0 aliphatic heterocycles. The first-order chi connectivity index (χ1) is 7.54. The lowest BCUT2D eigenvalue weighted by Crippen LogP contribution is -2.49. The van der Waals surface area contributed by atoms with Gasteiger partial charge in [0.2, 0.25) is 0 Å². The van der Waals surface area contributed by atoms with Crippen LogP contribution in [0.1, 0.15) is 46.0 Å². The summed E-state index contributed by atoms with van der Waals surface area (Å²) >= 11 is 0. The number of nitrogens with one attached hydrogen (secondary N) is 1. The SMILES string of the molecule is CC(C)(N)CNC1CC2CC1C1CCCC21. The van der Waals surface area contributed by atoms with Crippen LogP contribution in [-0.4, -0.2) is 18.1 Å². The molecule has 2 heteroatoms. The number of nitrogens with two attached hydrogens (primary N) is 1. The van der Waals surface area contributed by atoms with Gasteiger partial charge in [-0.2, -0.15) is 0 Å². The molecule has 0 aromatic rings. The third-order valence-corrected chi connectivity index (χ3v) is 5.25. The van der Waals surface area contributed by atoms with Crippen LogP contribution >= 0.6 is 0 Å². The van der Waals surface area contributed by atoms with Gasteiger partial charge in [0.25, 0.3) is 0 Å². The van der Waals surface area contributed by atoms with Gasteiger partial charge in [0.15, 0.2) is 0 Å². The van der Waals surface area contributed by atoms with Crippen LogP contribution in [0.3, 0.4) is 0 Å². The topological polar surface area (TPSA) is 38.0 Å². The fourth-order valence-corrected chi connectivity index (χ4v) is 4.70. The first-order valence-electron chi connectivity index (χ1n) is 7.07. The van der Waals surface area contributed by atoms with Crippen molar-refractivity contribution < 1.29 is 0 Å². The summed E-state index contributed by atoms with van der Waals surface area (Å²) in [4.78, 5) is 0. The summed E-state index contributed by atoms with van der Waals surface area (Å²) in [6, 6.07) is 0.784. The van der Waals surface area contributed by atoms with Gasteiger partial charge in [-0.05, 0) is 63.2 Å². The molecule has 0 saturated heterocycles. The van der Waals surface area contributed by atoms with E-state index in [0.29, 0.717) is 0 Å². The highest BCUT2D eigenvalue weighted by Crippen LogP contribution is 2.58. The van der Waals surface area contributed by atoms with Crippen molar-refractivity contribution >= 4 is 0 Å². The molecule has 3 rings (SSSR count). The molecule has 3 fully saturated rings. The van der Waals surface area contributed by atoms with Crippen LogP contribution in [-0.2, 0) is 0 Å². The molecule has 5 atom stereocenters. The van der Waals surface area contributed by atoms with E-state index in [1.165, 1.54) is 32.1 Å². The quantitative estimate of drug-likeness (QED) is 0.768. The van der Waals surface area contributed by atoms with Crippen LogP contribution in [0.4, 0.5) is 0 Å². The first-order valence-corrected chi connectivity index (χ1v) is 7.07. The monoisotopic (exact) mass is 222 g/mol. The van der Waals surface area contributed by atoms with E-state index in [1.54, 1.807) is 0 Å². The highest BCUT2D eigenvalue weighted by Gasteiger charge is 2.53. The third-order valence-electron chi connectivity index (χ3n) is 5.25. The van der Waals surface area contributed by atoms with Gasteiger partial charge in [-0.3, -0.25) is 0 Å². The van der Waals surface area contributed by atoms with Gasteiger partial charge in [-0.1, -0.05) is 6.42 Å². The summed E-state index contributed by atoms with van der Waals surface area (Å²) in [7, 11) is 0. The average molecular weight is 222 g/mol. The van der Waals surface area contributed by atoms with E-state index in [2.05, 4.69) is 19.2 Å². The molecule has 2 nitrogen and oxygen atoms in total. The molecule has 0 spiro atoms. The normalized spacial score (nSPS) is 46.3. The maximum Gasteiger partial charge on any atom is 0.0223 e. The fraction of sp³-hybridized carbons (Fsp3) is 1.00. The summed E-state index contributed by atoms with van der Waals surface area (Å²) in [5, 5.41) is 3.74. The lowest BCUT2D eigenvalue weighted by Gasteiger charge is -2.34. The zero-order valence-electron chi connectivity index (χ0n) is 10.7. The lowest BCUT2D eigenvalue weighted by atomic mass is 9.79. The average Bonchev–Trinajstić information content (AvgIpc) is 2.85. The number of hydrogen-bond acceptors (Lipinski definition) is 2. The number of rotatable bonds is 3. The van der Waals surface area contributed by atoms with Crippen LogP contribution in [0.2, 0.25) is 0 Å². The van der Waals surface area contributed by atoms with E-state index >= 15 is 0 Å². The molecule has 3 N–H and O–H groups in total. The molecule has 3 aliphatic rings. The maximum atomic E-state index is 6.06. The molecule has 2 bridgehead atoms. The van der Waals surface area contributed by atoms with Crippen molar-refractivity contribution in [3.63, 3.8) is 0 Å². The Bertz CT molecular complexity index is 268. The minimum Gasteiger partial charge on any atom is -0.324 e. The van der Waals surface area contributed by atoms with E-state index in [0.717, 1.165) is 36.3 Å². The van der Waals surface area contributed by atoms with Gasteiger partial charge in [0, 0.05) is 18.1 Å². The van der Waals surface area contributed by atoms with Crippen molar-refractivity contribution in [2.45, 2.75) is 57.5 Å². The van der Waals surface area contributed by atoms with Crippen LogP contribution in [0, 0.1) is 23.7 Å². The molecule has 5 unspecified atom stereocenters. The summed E-state index contributed by atoms with van der Waals surface area (Å²) in [5.41, 5.74) is 6.00. The van der Waals surface area contributed by atoms with Gasteiger partial charge < -0.3 is 11.1 Å². The van der Waals surface area contributed by atoms with Crippen LogP contribution in [0.15, 0.2) is 0 Å². The van der Waals surface area contributed by atoms with Gasteiger partial charge in [0.1, 0.15) is 0 Å². The first kappa shape index (κ1) is 11.0. The van der Waals surface area contributed by atoms with Crippen molar-refractivity contribution in [1.82, 2.24) is 5.32 Å². The standard InChI is InChI=1S/C14H26N2/c1-14(2,15)8-16-13-7-9-6-12(13)11-5-3-4-10(9)11/h9-13,16H,3-8,15H2,1-2H3. The summed E-state index contributed by atoms with van der Waals surface area (Å²) in [6.45, 7) is 5.20. The molecule has 92 valence electrons. The molecule has 0 heterocycles. The molecule has 0 radical (unpaired) electrons. The molecule has 0 aromatic carbocycles. The van der Waals surface area contributed by atoms with Crippen LogP contribution < -0.4 is 11.1 Å². The maximum absolute atomic E-state index is 6.06. The van der Waals surface area contributed by atoms with Crippen molar-refractivity contribution in [1.29, 1.82) is 0 Å². The van der Waals surface area contributed by atoms with Gasteiger partial charge in [0.05, 0.1) is 0 Å². The van der Waals surface area contributed by atoms with Crippen molar-refractivity contribution in [2.24, 2.45) is 29.4 Å². The Kier molecular flexibility index (Phi) is 2.56. The molecular weight excluding hydrogens is 196 g/mol. The Morgan fingerprint density at radius 3 is 2.62 bits per heavy atom. The molecule has 0 aromatic heterocycles. The highest BCUT2D eigenvalue weighted by atomic mass is 15.0. The van der Waals surface area contributed by atoms with E-state index in [-0.39, 0.29) is 5.54 Å². The van der Waals surface area contributed by atoms with Gasteiger partial charge in [-0.25, -0.2) is 0 Å². The summed E-state index contributed by atoms with van der Waals surface area (Å²) in [5.74, 6) is 4.21. The van der Waals surface area contributed by atoms with E-state index in [1.807, 2.05) is 0 Å². The zero-order valence-corrected chi connectivity index (χ0v) is 10.7. The lowest BCUT2D eigenvalue weighted by molar-refractivity contribution is 0.203. The predicted octanol–water partition coefficient (Wildman–Crippen LogP) is 2.14. The number of fused-ring (bicyclic) bond motifs is 5. The molecular formula is C14H26N2. The smallest absolute Gasteiger partial charge is 0.0223 e. The second-order valence-corrected chi connectivity index (χ2v) is 7.13. The molecule has 3 aliphatic carbocycles. The Morgan fingerprint density at radius 2 is 1.88 bits per heavy atom. The second kappa shape index (κ2) is 3.71. The third kappa shape index (κ3) is 1.80. The molecule has 0 amide bonds. The van der Waals surface area contributed by atoms with Crippen molar-refractivity contribution in [3.8, 4) is 0 Å². The predicted molar refractivity (Wildman–Crippen MR) is 67.1 cm³/mol. The van der Waals surface area contributed by atoms with Crippen molar-refractivity contribution in [3.05, 3.63) is 0 Å². The Balaban J connectivity index is 1.60. The minimum absolute atomic E-state index is 0.0586. The number of hydrogen-bond donors (Lipinski definition) is 2. The highest BCUT2D eigenvalue weighted by molar-refractivity contribution is 5.05. The zero-order chi connectivity index (χ0) is 11.3. The summed E-state index contributed by atoms with van der Waals surface area (Å²) in [6.07, 6.45) is 7.48. The fourth-order valence-electron chi connectivity index (χ4n) is 4.70. The van der Waals surface area contributed by atoms with E-state index < -0.39 is 0 Å². The Labute approximate surface area is 99.4 Å². The largest absolute Gasteiger partial charge is 0.324 e. The molecule has 3 saturated carbocycles. The Morgan fingerprint density at radius 1 is 1.12 bits per heavy atom. The Hall–Kier alpha value is -0.0800. The van der Waals surface area contributed by atoms with E-state index in [4.69, 9.17) is 5.73 Å². The van der Waals surface area contributed by atoms with E-state index in [9.17, 15) is 0 Å². The van der Waals surface area contributed by atoms with Crippen molar-refractivity contribution in [2.75, 3.05) is 6.54 Å². The van der Waals surface area contributed by atoms with Gasteiger partial charge in [-0.15, -0.1) is 0 Å². The van der Waals surface area contributed by atoms with Gasteiger partial charge >= 0.3 is 0 Å². The molecule has 16 heavy (non-hydrogen) atoms. The van der Waals surface area contributed by atoms with Crippen LogP contribution in [0.25, 0.3) is 0 Å². The second-order valence-electron chi connectivity index (χ2n) is 7.13.